The molecule has 0 fully saturated rings. The third-order valence-electron chi connectivity index (χ3n) is 8.90. The van der Waals surface area contributed by atoms with Crippen molar-refractivity contribution in [3.05, 3.63) is 70.3 Å². The van der Waals surface area contributed by atoms with E-state index in [4.69, 9.17) is 0 Å². The molecule has 5 rings (SSSR count). The lowest BCUT2D eigenvalue weighted by Gasteiger charge is -2.29. The minimum atomic E-state index is -7.29. The van der Waals surface area contributed by atoms with Crippen molar-refractivity contribution in [2.24, 2.45) is 0 Å². The fourth-order valence-electron chi connectivity index (χ4n) is 5.64. The van der Waals surface area contributed by atoms with E-state index in [1.54, 1.807) is 0 Å². The molecular formula is C32H10F28N4. The first-order chi connectivity index (χ1) is 28.3. The van der Waals surface area contributed by atoms with Gasteiger partial charge in [0.15, 0.2) is 0 Å². The molecule has 0 amide bonds. The van der Waals surface area contributed by atoms with Gasteiger partial charge in [-0.15, -0.1) is 0 Å². The van der Waals surface area contributed by atoms with Crippen LogP contribution in [0.2, 0.25) is 0 Å². The summed E-state index contributed by atoms with van der Waals surface area (Å²) >= 11 is 0. The minimum absolute atomic E-state index is 0.431. The van der Waals surface area contributed by atoms with Gasteiger partial charge in [0.2, 0.25) is 0 Å². The minimum Gasteiger partial charge on any atom is -0.355 e. The first-order valence-corrected chi connectivity index (χ1v) is 15.8. The normalized spacial score (nSPS) is 16.0. The van der Waals surface area contributed by atoms with E-state index in [9.17, 15) is 87.8 Å². The first-order valence-electron chi connectivity index (χ1n) is 15.8. The molecule has 354 valence electrons. The Kier molecular flexibility index (Phi) is 10.9. The molecule has 3 aromatic rings. The molecule has 0 aromatic carbocycles. The second kappa shape index (κ2) is 14.1. The van der Waals surface area contributed by atoms with Gasteiger partial charge in [-0.3, -0.25) is 0 Å². The molecule has 0 atom stereocenters. The molecule has 0 unspecified atom stereocenters. The van der Waals surface area contributed by atoms with Crippen molar-refractivity contribution in [3.8, 4) is 0 Å². The van der Waals surface area contributed by atoms with Gasteiger partial charge in [0.1, 0.15) is 0 Å². The van der Waals surface area contributed by atoms with Crippen LogP contribution in [0, 0.1) is 0 Å². The Hall–Kier alpha value is -5.36. The summed E-state index contributed by atoms with van der Waals surface area (Å²) in [6, 6.07) is -3.24. The lowest BCUT2D eigenvalue weighted by Crippen LogP contribution is -2.52. The summed E-state index contributed by atoms with van der Waals surface area (Å²) in [5.41, 5.74) is -26.8. The maximum Gasteiger partial charge on any atom is 0.460 e. The Balaban J connectivity index is 2.07. The Labute approximate surface area is 331 Å². The second-order valence-corrected chi connectivity index (χ2v) is 13.2. The smallest absolute Gasteiger partial charge is 0.355 e. The van der Waals surface area contributed by atoms with E-state index >= 15 is 35.1 Å². The third-order valence-corrected chi connectivity index (χ3v) is 8.90. The van der Waals surface area contributed by atoms with Crippen LogP contribution in [-0.4, -0.2) is 80.2 Å². The fourth-order valence-corrected chi connectivity index (χ4v) is 5.64. The average Bonchev–Trinajstić information content (AvgIpc) is 3.89. The van der Waals surface area contributed by atoms with Gasteiger partial charge in [0.25, 0.3) is 0 Å². The molecule has 3 aromatic heterocycles. The van der Waals surface area contributed by atoms with Crippen LogP contribution in [-0.2, 0) is 11.8 Å². The molecule has 0 aliphatic carbocycles. The van der Waals surface area contributed by atoms with Gasteiger partial charge in [-0.25, -0.2) is 9.97 Å². The fraction of sp³-hybridized carbons (Fsp3) is 0.375. The number of aromatic amines is 2. The van der Waals surface area contributed by atoms with E-state index in [-0.39, 0.29) is 0 Å². The average molecular weight is 982 g/mol. The van der Waals surface area contributed by atoms with Crippen LogP contribution in [0.25, 0.3) is 45.4 Å². The molecule has 0 saturated heterocycles. The van der Waals surface area contributed by atoms with Crippen molar-refractivity contribution >= 4 is 45.4 Å². The van der Waals surface area contributed by atoms with Crippen molar-refractivity contribution in [2.75, 3.05) is 0 Å². The molecular weight excluding hydrogens is 972 g/mol. The van der Waals surface area contributed by atoms with Gasteiger partial charge < -0.3 is 9.97 Å². The highest BCUT2D eigenvalue weighted by Crippen LogP contribution is 2.57. The van der Waals surface area contributed by atoms with Gasteiger partial charge in [0, 0.05) is 11.0 Å². The molecule has 0 spiro atoms. The molecule has 4 nitrogen and oxygen atoms in total. The van der Waals surface area contributed by atoms with E-state index < -0.39 is 188 Å². The third kappa shape index (κ3) is 7.33. The molecule has 8 bridgehead atoms. The number of nitrogens with one attached hydrogen (secondary N) is 2. The highest BCUT2D eigenvalue weighted by atomic mass is 19.5. The second-order valence-electron chi connectivity index (χ2n) is 13.2. The predicted molar refractivity (Wildman–Crippen MR) is 158 cm³/mol. The zero-order valence-corrected chi connectivity index (χ0v) is 29.1. The summed E-state index contributed by atoms with van der Waals surface area (Å²) in [6.07, 6.45) is -30.6. The largest absolute Gasteiger partial charge is 0.460 e. The first kappa shape index (κ1) is 49.7. The van der Waals surface area contributed by atoms with Crippen LogP contribution in [0.3, 0.4) is 0 Å². The zero-order valence-electron chi connectivity index (χ0n) is 29.1. The maximum atomic E-state index is 15.2. The molecule has 64 heavy (non-hydrogen) atoms. The van der Waals surface area contributed by atoms with Crippen molar-refractivity contribution in [1.29, 1.82) is 0 Å². The van der Waals surface area contributed by atoms with E-state index in [0.717, 1.165) is 0 Å². The van der Waals surface area contributed by atoms with Crippen molar-refractivity contribution in [3.63, 3.8) is 0 Å². The Bertz CT molecular complexity index is 2570. The summed E-state index contributed by atoms with van der Waals surface area (Å²) in [7, 11) is 0. The maximum absolute atomic E-state index is 15.2. The topological polar surface area (TPSA) is 57.4 Å². The number of aromatic nitrogens is 4. The lowest BCUT2D eigenvalue weighted by molar-refractivity contribution is -0.359. The lowest BCUT2D eigenvalue weighted by atomic mass is 9.97. The summed E-state index contributed by atoms with van der Waals surface area (Å²) < 4.78 is 394. The van der Waals surface area contributed by atoms with E-state index in [1.165, 1.54) is 9.97 Å². The van der Waals surface area contributed by atoms with Crippen LogP contribution >= 0.6 is 0 Å². The predicted octanol–water partition coefficient (Wildman–Crippen LogP) is 13.6. The Morgan fingerprint density at radius 1 is 0.312 bits per heavy atom. The SMILES string of the molecule is FC(F)(F)C(F)(F)C(F)(F)C1=Cc2cc3[nH]c(cc3C(F)(F)C(F)(F)C(F)(F)F)cc3[nH]c(cc4nc(cc1n2)C=C4C(F)(F)C(F)(F)C(F)(F)F)cc3C(F)(F)C(F)(F)C(F)(F)F. The summed E-state index contributed by atoms with van der Waals surface area (Å²) in [5.74, 6) is -56.0. The molecule has 2 N–H and O–H groups in total. The Morgan fingerprint density at radius 3 is 0.938 bits per heavy atom. The van der Waals surface area contributed by atoms with Gasteiger partial charge in [-0.2, -0.15) is 123 Å². The van der Waals surface area contributed by atoms with Gasteiger partial charge in [-0.05, 0) is 48.6 Å². The van der Waals surface area contributed by atoms with Crippen LogP contribution in [0.1, 0.15) is 33.9 Å². The van der Waals surface area contributed by atoms with Crippen LogP contribution < -0.4 is 0 Å². The summed E-state index contributed by atoms with van der Waals surface area (Å²) in [6.45, 7) is 0. The van der Waals surface area contributed by atoms with E-state index in [1.807, 2.05) is 0 Å². The van der Waals surface area contributed by atoms with Gasteiger partial charge >= 0.3 is 72.1 Å². The highest BCUT2D eigenvalue weighted by molar-refractivity contribution is 5.91. The molecule has 2 aliphatic rings. The number of H-pyrrole nitrogens is 2. The number of hydrogen-bond acceptors (Lipinski definition) is 2. The van der Waals surface area contributed by atoms with Gasteiger partial charge in [-0.1, -0.05) is 0 Å². The molecule has 0 saturated carbocycles. The molecule has 0 radical (unpaired) electrons. The zero-order chi connectivity index (χ0) is 49.4. The number of fused-ring (bicyclic) bond motifs is 8. The van der Waals surface area contributed by atoms with Crippen molar-refractivity contribution < 1.29 is 123 Å². The molecule has 32 heteroatoms. The standard InChI is InChI=1S/C32H10F28N4/c33-21(34,25(41,42)29(49,50)51)13-1-9-5-18-14(22(35,36)26(43,44)30(52,53)54)3-11(62-18)7-20-16(24(39,40)28(47,48)32(58,59)60)4-12(64-20)8-19-15(2-10(63-19)6-17(13)61-9)23(37,38)27(45,46)31(55,56)57/h1-8,61-62H. The van der Waals surface area contributed by atoms with Gasteiger partial charge in [0.05, 0.1) is 56.1 Å². The number of hydrogen-bond donors (Lipinski definition) is 2. The van der Waals surface area contributed by atoms with E-state index in [0.29, 0.717) is 0 Å². The summed E-state index contributed by atoms with van der Waals surface area (Å²) in [4.78, 5) is 8.64. The van der Waals surface area contributed by atoms with Crippen molar-refractivity contribution in [1.82, 2.24) is 19.9 Å². The van der Waals surface area contributed by atoms with Crippen LogP contribution in [0.4, 0.5) is 123 Å². The van der Waals surface area contributed by atoms with Crippen LogP contribution in [0.5, 0.6) is 0 Å². The summed E-state index contributed by atoms with van der Waals surface area (Å²) in [5, 5.41) is 0. The molecule has 2 aliphatic heterocycles. The van der Waals surface area contributed by atoms with Crippen molar-refractivity contribution in [2.45, 2.75) is 72.1 Å². The quantitative estimate of drug-likeness (QED) is 0.221. The molecule has 5 heterocycles. The van der Waals surface area contributed by atoms with Crippen LogP contribution in [0.15, 0.2) is 36.4 Å². The monoisotopic (exact) mass is 982 g/mol. The van der Waals surface area contributed by atoms with E-state index in [2.05, 4.69) is 9.97 Å². The Morgan fingerprint density at radius 2 is 0.594 bits per heavy atom. The number of alkyl halides is 28. The number of halogens is 28. The number of allylic oxidation sites excluding steroid dienone is 2. The number of rotatable bonds is 8. The highest BCUT2D eigenvalue weighted by Gasteiger charge is 2.77. The number of nitrogens with zero attached hydrogens (tertiary/aromatic N) is 2.